The molecule has 0 radical (unpaired) electrons. The molecule has 142 valence electrons. The summed E-state index contributed by atoms with van der Waals surface area (Å²) in [5, 5.41) is 4.04. The summed E-state index contributed by atoms with van der Waals surface area (Å²) >= 11 is 0.850. The number of esters is 1. The lowest BCUT2D eigenvalue weighted by atomic mass is 10.1. The summed E-state index contributed by atoms with van der Waals surface area (Å²) in [5.41, 5.74) is -0.0395. The number of aromatic nitrogens is 1. The van der Waals surface area contributed by atoms with Gasteiger partial charge in [0.25, 0.3) is 0 Å². The second-order valence-electron chi connectivity index (χ2n) is 5.66. The van der Waals surface area contributed by atoms with Crippen molar-refractivity contribution < 1.29 is 27.4 Å². The van der Waals surface area contributed by atoms with Gasteiger partial charge in [-0.25, -0.2) is 9.78 Å². The van der Waals surface area contributed by atoms with E-state index >= 15 is 0 Å². The number of amidine groups is 1. The summed E-state index contributed by atoms with van der Waals surface area (Å²) in [6.07, 6.45) is -4.51. The lowest BCUT2D eigenvalue weighted by molar-refractivity contribution is -0.140. The van der Waals surface area contributed by atoms with E-state index in [-0.39, 0.29) is 17.4 Å². The maximum absolute atomic E-state index is 12.8. The normalized spacial score (nSPS) is 19.2. The van der Waals surface area contributed by atoms with Gasteiger partial charge >= 0.3 is 12.1 Å². The van der Waals surface area contributed by atoms with Crippen LogP contribution in [0.25, 0.3) is 0 Å². The van der Waals surface area contributed by atoms with Crippen molar-refractivity contribution in [3.8, 4) is 0 Å². The fourth-order valence-electron chi connectivity index (χ4n) is 2.57. The van der Waals surface area contributed by atoms with E-state index in [1.54, 1.807) is 0 Å². The van der Waals surface area contributed by atoms with Crippen molar-refractivity contribution >= 4 is 23.1 Å². The minimum atomic E-state index is -4.51. The third-order valence-electron chi connectivity index (χ3n) is 3.94. The van der Waals surface area contributed by atoms with Gasteiger partial charge in [-0.05, 0) is 0 Å². The Balaban J connectivity index is 1.80. The molecule has 0 aliphatic carbocycles. The van der Waals surface area contributed by atoms with Gasteiger partial charge in [-0.2, -0.15) is 13.2 Å². The second-order valence-corrected chi connectivity index (χ2v) is 6.52. The van der Waals surface area contributed by atoms with Crippen LogP contribution in [-0.4, -0.2) is 68.2 Å². The Morgan fingerprint density at radius 1 is 1.42 bits per heavy atom. The van der Waals surface area contributed by atoms with E-state index in [1.165, 1.54) is 7.11 Å². The summed E-state index contributed by atoms with van der Waals surface area (Å²) in [5.74, 6) is -0.292. The largest absolute Gasteiger partial charge is 0.466 e. The number of aliphatic imine (C=N–C) groups is 1. The third kappa shape index (κ3) is 4.22. The van der Waals surface area contributed by atoms with Gasteiger partial charge in [0.2, 0.25) is 0 Å². The van der Waals surface area contributed by atoms with E-state index in [0.717, 1.165) is 16.7 Å². The molecule has 0 bridgehead atoms. The molecule has 3 rings (SSSR count). The summed E-state index contributed by atoms with van der Waals surface area (Å²) < 4.78 is 48.4. The SMILES string of the molecule is COC(=O)C1=C(CN2CCOCC2)NC(c2nc(C(F)(F)F)cs2)=NC1. The van der Waals surface area contributed by atoms with Crippen molar-refractivity contribution in [3.05, 3.63) is 27.4 Å². The minimum Gasteiger partial charge on any atom is -0.466 e. The first-order chi connectivity index (χ1) is 12.4. The molecule has 2 aliphatic rings. The summed E-state index contributed by atoms with van der Waals surface area (Å²) in [6, 6.07) is 0. The Kier molecular flexibility index (Phi) is 5.58. The molecule has 1 aromatic heterocycles. The van der Waals surface area contributed by atoms with Crippen LogP contribution in [0.2, 0.25) is 0 Å². The van der Waals surface area contributed by atoms with Crippen LogP contribution in [0.4, 0.5) is 13.2 Å². The van der Waals surface area contributed by atoms with Crippen LogP contribution < -0.4 is 5.32 Å². The maximum Gasteiger partial charge on any atom is 0.434 e. The van der Waals surface area contributed by atoms with Gasteiger partial charge in [-0.1, -0.05) is 0 Å². The number of carbonyl (C=O) groups is 1. The molecule has 0 aromatic carbocycles. The first-order valence-corrected chi connectivity index (χ1v) is 8.71. The quantitative estimate of drug-likeness (QED) is 0.781. The molecule has 26 heavy (non-hydrogen) atoms. The highest BCUT2D eigenvalue weighted by atomic mass is 32.1. The second kappa shape index (κ2) is 7.72. The molecule has 3 heterocycles. The van der Waals surface area contributed by atoms with Crippen molar-refractivity contribution in [3.63, 3.8) is 0 Å². The summed E-state index contributed by atoms with van der Waals surface area (Å²) in [6.45, 7) is 3.01. The van der Waals surface area contributed by atoms with Crippen LogP contribution in [0, 0.1) is 0 Å². The van der Waals surface area contributed by atoms with Gasteiger partial charge in [0.1, 0.15) is 0 Å². The number of ether oxygens (including phenoxy) is 2. The number of nitrogens with zero attached hydrogens (tertiary/aromatic N) is 3. The minimum absolute atomic E-state index is 0.0234. The van der Waals surface area contributed by atoms with Gasteiger partial charge in [-0.15, -0.1) is 11.3 Å². The van der Waals surface area contributed by atoms with Crippen molar-refractivity contribution in [2.45, 2.75) is 6.18 Å². The number of nitrogens with one attached hydrogen (secondary N) is 1. The standard InChI is InChI=1S/C15H17F3N4O3S/c1-24-14(23)9-6-19-12(13-21-11(8-26-13)15(16,17)18)20-10(9)7-22-2-4-25-5-3-22/h8H,2-7H2,1H3,(H,19,20). The zero-order valence-corrected chi connectivity index (χ0v) is 14.7. The Morgan fingerprint density at radius 2 is 2.15 bits per heavy atom. The van der Waals surface area contributed by atoms with Gasteiger partial charge < -0.3 is 14.8 Å². The number of hydrogen-bond donors (Lipinski definition) is 1. The molecule has 0 spiro atoms. The van der Waals surface area contributed by atoms with Crippen molar-refractivity contribution in [2.24, 2.45) is 4.99 Å². The predicted molar refractivity (Wildman–Crippen MR) is 88.0 cm³/mol. The van der Waals surface area contributed by atoms with Crippen LogP contribution in [-0.2, 0) is 20.4 Å². The number of halogens is 3. The molecule has 2 aliphatic heterocycles. The highest BCUT2D eigenvalue weighted by molar-refractivity contribution is 7.11. The van der Waals surface area contributed by atoms with Crippen LogP contribution in [0.5, 0.6) is 0 Å². The molecular weight excluding hydrogens is 373 g/mol. The molecule has 0 amide bonds. The molecule has 1 aromatic rings. The summed E-state index contributed by atoms with van der Waals surface area (Å²) in [7, 11) is 1.28. The zero-order chi connectivity index (χ0) is 18.7. The van der Waals surface area contributed by atoms with Crippen LogP contribution in [0.1, 0.15) is 10.7 Å². The smallest absolute Gasteiger partial charge is 0.434 e. The van der Waals surface area contributed by atoms with Crippen LogP contribution >= 0.6 is 11.3 Å². The summed E-state index contributed by atoms with van der Waals surface area (Å²) in [4.78, 5) is 21.9. The van der Waals surface area contributed by atoms with Crippen molar-refractivity contribution in [2.75, 3.05) is 46.5 Å². The number of methoxy groups -OCH3 is 1. The average Bonchev–Trinajstić information content (AvgIpc) is 3.12. The van der Waals surface area contributed by atoms with Gasteiger partial charge in [0.05, 0.1) is 32.4 Å². The maximum atomic E-state index is 12.8. The number of alkyl halides is 3. The predicted octanol–water partition coefficient (Wildman–Crippen LogP) is 1.27. The molecule has 1 fully saturated rings. The van der Waals surface area contributed by atoms with E-state index in [9.17, 15) is 18.0 Å². The van der Waals surface area contributed by atoms with E-state index in [4.69, 9.17) is 9.47 Å². The van der Waals surface area contributed by atoms with Crippen molar-refractivity contribution in [1.82, 2.24) is 15.2 Å². The molecule has 0 unspecified atom stereocenters. The molecule has 1 saturated heterocycles. The number of carbonyl (C=O) groups excluding carboxylic acids is 1. The lowest BCUT2D eigenvalue weighted by Crippen LogP contribution is -2.43. The highest BCUT2D eigenvalue weighted by Crippen LogP contribution is 2.30. The molecule has 0 saturated carbocycles. The average molecular weight is 390 g/mol. The number of hydrogen-bond acceptors (Lipinski definition) is 8. The number of rotatable bonds is 4. The van der Waals surface area contributed by atoms with Gasteiger partial charge in [0, 0.05) is 30.7 Å². The first kappa shape index (κ1) is 18.8. The molecule has 1 N–H and O–H groups in total. The first-order valence-electron chi connectivity index (χ1n) is 7.83. The Morgan fingerprint density at radius 3 is 2.77 bits per heavy atom. The van der Waals surface area contributed by atoms with E-state index in [0.29, 0.717) is 44.1 Å². The fourth-order valence-corrected chi connectivity index (χ4v) is 3.36. The number of morpholine rings is 1. The van der Waals surface area contributed by atoms with Gasteiger partial charge in [0.15, 0.2) is 16.5 Å². The van der Waals surface area contributed by atoms with Crippen LogP contribution in [0.3, 0.4) is 0 Å². The Bertz CT molecular complexity index is 739. The molecular formula is C15H17F3N4O3S. The van der Waals surface area contributed by atoms with Gasteiger partial charge in [-0.3, -0.25) is 9.89 Å². The van der Waals surface area contributed by atoms with Crippen molar-refractivity contribution in [1.29, 1.82) is 0 Å². The highest BCUT2D eigenvalue weighted by Gasteiger charge is 2.35. The lowest BCUT2D eigenvalue weighted by Gasteiger charge is -2.29. The molecule has 0 atom stereocenters. The Hall–Kier alpha value is -1.98. The molecule has 11 heteroatoms. The fraction of sp³-hybridized carbons (Fsp3) is 0.533. The monoisotopic (exact) mass is 390 g/mol. The zero-order valence-electron chi connectivity index (χ0n) is 13.9. The molecule has 7 nitrogen and oxygen atoms in total. The van der Waals surface area contributed by atoms with Crippen LogP contribution in [0.15, 0.2) is 21.6 Å². The van der Waals surface area contributed by atoms with E-state index < -0.39 is 17.8 Å². The third-order valence-corrected chi connectivity index (χ3v) is 4.79. The van der Waals surface area contributed by atoms with E-state index in [2.05, 4.69) is 20.2 Å². The number of thiazole rings is 1. The van der Waals surface area contributed by atoms with E-state index in [1.807, 2.05) is 0 Å². The topological polar surface area (TPSA) is 76.0 Å². The Labute approximate surface area is 151 Å².